The van der Waals surface area contributed by atoms with Crippen molar-refractivity contribution in [1.82, 2.24) is 5.32 Å². The first-order valence-electron chi connectivity index (χ1n) is 13.5. The summed E-state index contributed by atoms with van der Waals surface area (Å²) in [4.78, 5) is 11.9. The molecule has 0 spiro atoms. The van der Waals surface area contributed by atoms with Crippen molar-refractivity contribution >= 4 is 15.9 Å². The highest BCUT2D eigenvalue weighted by Crippen LogP contribution is 2.64. The molecule has 2 aromatic carbocycles. The van der Waals surface area contributed by atoms with Gasteiger partial charge in [-0.15, -0.1) is 0 Å². The summed E-state index contributed by atoms with van der Waals surface area (Å²) >= 11 is 0. The van der Waals surface area contributed by atoms with E-state index >= 15 is 0 Å². The standard InChI is InChI=1S/C19H20FNO3.C10H16O4S/c20-15-3-1-13(2-4-15)17-7-8-21-10-14(17)11-22-16-5-6-18-19(9-16)24-12-23-18;1-9(2)7-3-4-10(9,8(11)5-7)6-15(12,13)14/h1-6,9,14,17,21H,7-8,10-12H2;7H,3-6H2,1-2H3,(H,12,13,14)/t14-,17-;7?,10-/m01/s1. The number of ketones is 1. The first-order chi connectivity index (χ1) is 18.5. The Morgan fingerprint density at radius 3 is 2.51 bits per heavy atom. The maximum atomic E-state index is 13.2. The summed E-state index contributed by atoms with van der Waals surface area (Å²) in [5, 5.41) is 3.43. The van der Waals surface area contributed by atoms with Crippen LogP contribution >= 0.6 is 0 Å². The fourth-order valence-corrected chi connectivity index (χ4v) is 8.14. The Balaban J connectivity index is 0.000000177. The highest BCUT2D eigenvalue weighted by molar-refractivity contribution is 7.85. The van der Waals surface area contributed by atoms with Crippen LogP contribution < -0.4 is 19.5 Å². The predicted molar refractivity (Wildman–Crippen MR) is 143 cm³/mol. The van der Waals surface area contributed by atoms with Crippen LogP contribution in [0.15, 0.2) is 42.5 Å². The van der Waals surface area contributed by atoms with Crippen molar-refractivity contribution in [2.45, 2.75) is 45.4 Å². The molecule has 0 aromatic heterocycles. The zero-order valence-electron chi connectivity index (χ0n) is 22.3. The summed E-state index contributed by atoms with van der Waals surface area (Å²) in [6.45, 7) is 6.63. The van der Waals surface area contributed by atoms with Gasteiger partial charge in [0.15, 0.2) is 11.5 Å². The molecule has 2 saturated carbocycles. The molecule has 2 aromatic rings. The van der Waals surface area contributed by atoms with Crippen LogP contribution in [0.3, 0.4) is 0 Å². The maximum Gasteiger partial charge on any atom is 0.265 e. The monoisotopic (exact) mass is 561 g/mol. The minimum Gasteiger partial charge on any atom is -0.493 e. The summed E-state index contributed by atoms with van der Waals surface area (Å²) in [5.74, 6) is 2.69. The summed E-state index contributed by atoms with van der Waals surface area (Å²) in [6, 6.07) is 12.5. The number of halogens is 1. The van der Waals surface area contributed by atoms with E-state index in [1.807, 2.05) is 44.2 Å². The van der Waals surface area contributed by atoms with Crippen LogP contribution in [0.2, 0.25) is 0 Å². The average molecular weight is 562 g/mol. The highest BCUT2D eigenvalue weighted by Gasteiger charge is 2.65. The van der Waals surface area contributed by atoms with Gasteiger partial charge < -0.3 is 19.5 Å². The van der Waals surface area contributed by atoms with E-state index in [0.29, 0.717) is 31.3 Å². The number of piperidine rings is 1. The molecule has 0 radical (unpaired) electrons. The van der Waals surface area contributed by atoms with E-state index in [1.54, 1.807) is 0 Å². The van der Waals surface area contributed by atoms with Gasteiger partial charge in [-0.05, 0) is 72.9 Å². The quantitative estimate of drug-likeness (QED) is 0.493. The highest BCUT2D eigenvalue weighted by atomic mass is 32.2. The molecule has 3 fully saturated rings. The first kappa shape index (κ1) is 27.9. The van der Waals surface area contributed by atoms with Crippen molar-refractivity contribution in [1.29, 1.82) is 0 Å². The Labute approximate surface area is 229 Å². The van der Waals surface area contributed by atoms with Crippen molar-refractivity contribution in [2.24, 2.45) is 22.7 Å². The molecule has 10 heteroatoms. The molecule has 2 heterocycles. The van der Waals surface area contributed by atoms with Gasteiger partial charge in [-0.3, -0.25) is 9.35 Å². The number of carbonyl (C=O) groups excluding carboxylic acids is 1. The van der Waals surface area contributed by atoms with Crippen molar-refractivity contribution in [3.8, 4) is 17.2 Å². The van der Waals surface area contributed by atoms with Crippen LogP contribution in [0, 0.1) is 28.5 Å². The third-order valence-corrected chi connectivity index (χ3v) is 10.1. The topological polar surface area (TPSA) is 111 Å². The zero-order chi connectivity index (χ0) is 27.8. The van der Waals surface area contributed by atoms with Crippen LogP contribution in [0.4, 0.5) is 4.39 Å². The Hall–Kier alpha value is -2.69. The Morgan fingerprint density at radius 1 is 1.10 bits per heavy atom. The van der Waals surface area contributed by atoms with Gasteiger partial charge in [0.1, 0.15) is 17.3 Å². The molecule has 6 rings (SSSR count). The van der Waals surface area contributed by atoms with E-state index in [2.05, 4.69) is 5.32 Å². The largest absolute Gasteiger partial charge is 0.493 e. The van der Waals surface area contributed by atoms with Crippen molar-refractivity contribution in [2.75, 3.05) is 32.2 Å². The summed E-state index contributed by atoms with van der Waals surface area (Å²) < 4.78 is 60.8. The van der Waals surface area contributed by atoms with Crippen molar-refractivity contribution < 1.29 is 36.4 Å². The van der Waals surface area contributed by atoms with Crippen LogP contribution in [-0.4, -0.2) is 51.0 Å². The van der Waals surface area contributed by atoms with Gasteiger partial charge >= 0.3 is 0 Å². The molecule has 212 valence electrons. The SMILES string of the molecule is CC1(C)C2CC[C@@]1(CS(=O)(=O)O)C(=O)C2.Fc1ccc([C@@H]2CCNC[C@H]2COc2ccc3c(c2)OCO3)cc1. The molecule has 2 aliphatic heterocycles. The van der Waals surface area contributed by atoms with Crippen LogP contribution in [0.1, 0.15) is 51.0 Å². The van der Waals surface area contributed by atoms with E-state index in [1.165, 1.54) is 17.7 Å². The summed E-state index contributed by atoms with van der Waals surface area (Å²) in [6.07, 6.45) is 3.00. The van der Waals surface area contributed by atoms with Gasteiger partial charge in [0.25, 0.3) is 10.1 Å². The van der Waals surface area contributed by atoms with Gasteiger partial charge in [-0.2, -0.15) is 8.42 Å². The van der Waals surface area contributed by atoms with Crippen LogP contribution in [0.5, 0.6) is 17.2 Å². The van der Waals surface area contributed by atoms with E-state index < -0.39 is 21.3 Å². The molecule has 1 saturated heterocycles. The number of fused-ring (bicyclic) bond motifs is 3. The lowest BCUT2D eigenvalue weighted by Crippen LogP contribution is -2.42. The number of ether oxygens (including phenoxy) is 3. The molecular weight excluding hydrogens is 525 g/mol. The summed E-state index contributed by atoms with van der Waals surface area (Å²) in [7, 11) is -4.08. The fourth-order valence-electron chi connectivity index (χ4n) is 6.84. The van der Waals surface area contributed by atoms with E-state index in [9.17, 15) is 17.6 Å². The molecule has 2 N–H and O–H groups in total. The fraction of sp³-hybridized carbons (Fsp3) is 0.552. The number of carbonyl (C=O) groups is 1. The number of rotatable bonds is 6. The van der Waals surface area contributed by atoms with Crippen LogP contribution in [-0.2, 0) is 14.9 Å². The normalized spacial score (nSPS) is 28.6. The lowest BCUT2D eigenvalue weighted by Gasteiger charge is -2.35. The van der Waals surface area contributed by atoms with Gasteiger partial charge in [0.05, 0.1) is 17.8 Å². The molecule has 39 heavy (non-hydrogen) atoms. The number of nitrogens with one attached hydrogen (secondary N) is 1. The number of hydrogen-bond donors (Lipinski definition) is 2. The zero-order valence-corrected chi connectivity index (χ0v) is 23.1. The van der Waals surface area contributed by atoms with Crippen LogP contribution in [0.25, 0.3) is 0 Å². The second kappa shape index (κ2) is 10.7. The molecule has 2 bridgehead atoms. The van der Waals surface area contributed by atoms with Gasteiger partial charge in [-0.25, -0.2) is 4.39 Å². The molecule has 0 amide bonds. The number of benzene rings is 2. The molecule has 4 atom stereocenters. The lowest BCUT2D eigenvalue weighted by molar-refractivity contribution is -0.128. The second-order valence-corrected chi connectivity index (χ2v) is 13.1. The van der Waals surface area contributed by atoms with Gasteiger partial charge in [-0.1, -0.05) is 26.0 Å². The Bertz CT molecular complexity index is 1310. The van der Waals surface area contributed by atoms with E-state index in [4.69, 9.17) is 18.8 Å². The van der Waals surface area contributed by atoms with Crippen molar-refractivity contribution in [3.63, 3.8) is 0 Å². The van der Waals surface area contributed by atoms with E-state index in [0.717, 1.165) is 43.2 Å². The van der Waals surface area contributed by atoms with E-state index in [-0.39, 0.29) is 29.7 Å². The molecular formula is C29H36FNO7S. The number of Topliss-reactive ketones (excluding diaryl/α,β-unsaturated/α-hetero) is 1. The summed E-state index contributed by atoms with van der Waals surface area (Å²) in [5.41, 5.74) is 0.0580. The second-order valence-electron chi connectivity index (χ2n) is 11.6. The first-order valence-corrected chi connectivity index (χ1v) is 15.1. The Kier molecular flexibility index (Phi) is 7.65. The number of hydrogen-bond acceptors (Lipinski definition) is 7. The Morgan fingerprint density at radius 2 is 1.85 bits per heavy atom. The van der Waals surface area contributed by atoms with Gasteiger partial charge in [0, 0.05) is 24.9 Å². The van der Waals surface area contributed by atoms with Crippen molar-refractivity contribution in [3.05, 3.63) is 53.8 Å². The lowest BCUT2D eigenvalue weighted by atomic mass is 9.70. The van der Waals surface area contributed by atoms with Gasteiger partial charge in [0.2, 0.25) is 6.79 Å². The minimum atomic E-state index is -4.08. The predicted octanol–water partition coefficient (Wildman–Crippen LogP) is 4.60. The maximum absolute atomic E-state index is 13.2. The third-order valence-electron chi connectivity index (χ3n) is 9.28. The smallest absolute Gasteiger partial charge is 0.265 e. The average Bonchev–Trinajstić information content (AvgIpc) is 3.50. The molecule has 2 aliphatic carbocycles. The molecule has 1 unspecified atom stereocenters. The third kappa shape index (κ3) is 5.64. The molecule has 8 nitrogen and oxygen atoms in total. The minimum absolute atomic E-state index is 0.0152. The molecule has 4 aliphatic rings.